The molecule has 4 nitrogen and oxygen atoms in total. The van der Waals surface area contributed by atoms with Crippen LogP contribution in [-0.2, 0) is 13.2 Å². The summed E-state index contributed by atoms with van der Waals surface area (Å²) in [6, 6.07) is 19.6. The van der Waals surface area contributed by atoms with E-state index in [4.69, 9.17) is 4.74 Å². The van der Waals surface area contributed by atoms with Crippen molar-refractivity contribution in [3.63, 3.8) is 0 Å². The van der Waals surface area contributed by atoms with Crippen molar-refractivity contribution in [2.75, 3.05) is 39.3 Å². The minimum Gasteiger partial charge on any atom is -0.489 e. The lowest BCUT2D eigenvalue weighted by atomic mass is 9.88. The van der Waals surface area contributed by atoms with E-state index in [9.17, 15) is 0 Å². The zero-order valence-corrected chi connectivity index (χ0v) is 23.5. The third-order valence-corrected chi connectivity index (χ3v) is 8.21. The number of piperidine rings is 1. The second kappa shape index (κ2) is 15.5. The van der Waals surface area contributed by atoms with E-state index >= 15 is 0 Å². The van der Waals surface area contributed by atoms with Gasteiger partial charge >= 0.3 is 0 Å². The number of hydrogen-bond acceptors (Lipinski definition) is 4. The van der Waals surface area contributed by atoms with E-state index in [1.807, 2.05) is 6.07 Å². The highest BCUT2D eigenvalue weighted by Crippen LogP contribution is 2.26. The largest absolute Gasteiger partial charge is 0.489 e. The summed E-state index contributed by atoms with van der Waals surface area (Å²) >= 11 is 0. The summed E-state index contributed by atoms with van der Waals surface area (Å²) in [4.78, 5) is 5.59. The molecule has 1 heterocycles. The molecule has 0 spiro atoms. The minimum atomic E-state index is 0.616. The molecule has 0 amide bonds. The molecule has 2 aromatic carbocycles. The van der Waals surface area contributed by atoms with Gasteiger partial charge in [-0.2, -0.15) is 0 Å². The Morgan fingerprint density at radius 2 is 1.62 bits per heavy atom. The van der Waals surface area contributed by atoms with Crippen LogP contribution >= 0.6 is 0 Å². The number of benzene rings is 2. The second-order valence-corrected chi connectivity index (χ2v) is 11.9. The Hall–Kier alpha value is -1.88. The van der Waals surface area contributed by atoms with Crippen molar-refractivity contribution in [3.8, 4) is 5.75 Å². The van der Waals surface area contributed by atoms with E-state index in [0.717, 1.165) is 36.7 Å². The second-order valence-electron chi connectivity index (χ2n) is 11.9. The van der Waals surface area contributed by atoms with Gasteiger partial charge < -0.3 is 15.0 Å². The molecule has 37 heavy (non-hydrogen) atoms. The zero-order valence-electron chi connectivity index (χ0n) is 23.5. The molecule has 0 radical (unpaired) electrons. The van der Waals surface area contributed by atoms with Crippen LogP contribution in [0.3, 0.4) is 0 Å². The summed E-state index contributed by atoms with van der Waals surface area (Å²) in [5, 5.41) is 3.67. The highest BCUT2D eigenvalue weighted by Gasteiger charge is 2.26. The minimum absolute atomic E-state index is 0.616. The average molecular weight is 506 g/mol. The van der Waals surface area contributed by atoms with Crippen molar-refractivity contribution in [2.45, 2.75) is 84.4 Å². The average Bonchev–Trinajstić information content (AvgIpc) is 2.93. The van der Waals surface area contributed by atoms with Gasteiger partial charge in [0.2, 0.25) is 0 Å². The van der Waals surface area contributed by atoms with Crippen LogP contribution in [0.2, 0.25) is 0 Å². The van der Waals surface area contributed by atoms with Gasteiger partial charge in [-0.3, -0.25) is 4.90 Å². The molecule has 1 aliphatic carbocycles. The van der Waals surface area contributed by atoms with E-state index in [-0.39, 0.29) is 0 Å². The van der Waals surface area contributed by atoms with Crippen LogP contribution in [0, 0.1) is 11.8 Å². The van der Waals surface area contributed by atoms with Gasteiger partial charge in [0.15, 0.2) is 0 Å². The van der Waals surface area contributed by atoms with Crippen LogP contribution in [0.1, 0.15) is 76.3 Å². The van der Waals surface area contributed by atoms with Crippen LogP contribution in [0.25, 0.3) is 0 Å². The van der Waals surface area contributed by atoms with Gasteiger partial charge in [-0.1, -0.05) is 75.6 Å². The maximum atomic E-state index is 5.92. The SMILES string of the molecule is CC(C)CN(CCCNCc1ccc(OCc2ccccc2)cc1)C1CCN(CC2CCCCC2)CC1. The molecule has 1 saturated carbocycles. The molecule has 2 aromatic rings. The van der Waals surface area contributed by atoms with E-state index in [1.54, 1.807) is 0 Å². The Bertz CT molecular complexity index is 855. The molecule has 4 heteroatoms. The van der Waals surface area contributed by atoms with Crippen molar-refractivity contribution in [1.29, 1.82) is 0 Å². The van der Waals surface area contributed by atoms with Crippen molar-refractivity contribution >= 4 is 0 Å². The van der Waals surface area contributed by atoms with Crippen molar-refractivity contribution < 1.29 is 4.74 Å². The van der Waals surface area contributed by atoms with E-state index in [2.05, 4.69) is 77.5 Å². The molecule has 1 aliphatic heterocycles. The lowest BCUT2D eigenvalue weighted by molar-refractivity contribution is 0.0853. The molecule has 2 aliphatic rings. The molecule has 1 N–H and O–H groups in total. The monoisotopic (exact) mass is 505 g/mol. The predicted molar refractivity (Wildman–Crippen MR) is 156 cm³/mol. The third kappa shape index (κ3) is 10.1. The smallest absolute Gasteiger partial charge is 0.119 e. The first-order valence-corrected chi connectivity index (χ1v) is 15.1. The third-order valence-electron chi connectivity index (χ3n) is 8.21. The van der Waals surface area contributed by atoms with Gasteiger partial charge in [0.25, 0.3) is 0 Å². The fraction of sp³-hybridized carbons (Fsp3) is 0.636. The Labute approximate surface area is 226 Å². The summed E-state index contributed by atoms with van der Waals surface area (Å²) < 4.78 is 5.92. The molecule has 4 rings (SSSR count). The highest BCUT2D eigenvalue weighted by atomic mass is 16.5. The van der Waals surface area contributed by atoms with Gasteiger partial charge in [-0.05, 0) is 93.4 Å². The number of nitrogens with one attached hydrogen (secondary N) is 1. The topological polar surface area (TPSA) is 27.7 Å². The molecule has 2 fully saturated rings. The highest BCUT2D eigenvalue weighted by molar-refractivity contribution is 5.27. The maximum absolute atomic E-state index is 5.92. The predicted octanol–water partition coefficient (Wildman–Crippen LogP) is 6.75. The van der Waals surface area contributed by atoms with Crippen LogP contribution in [-0.4, -0.2) is 55.1 Å². The Morgan fingerprint density at radius 1 is 0.892 bits per heavy atom. The Morgan fingerprint density at radius 3 is 2.32 bits per heavy atom. The Balaban J connectivity index is 1.12. The summed E-state index contributed by atoms with van der Waals surface area (Å²) in [5.41, 5.74) is 2.51. The summed E-state index contributed by atoms with van der Waals surface area (Å²) in [6.07, 6.45) is 11.3. The molecule has 0 unspecified atom stereocenters. The molecule has 0 bridgehead atoms. The van der Waals surface area contributed by atoms with Crippen LogP contribution < -0.4 is 10.1 Å². The van der Waals surface area contributed by atoms with Crippen molar-refractivity contribution in [3.05, 3.63) is 65.7 Å². The summed E-state index contributed by atoms with van der Waals surface area (Å²) in [5.74, 6) is 2.64. The van der Waals surface area contributed by atoms with Gasteiger partial charge in [-0.25, -0.2) is 0 Å². The van der Waals surface area contributed by atoms with Gasteiger partial charge in [-0.15, -0.1) is 0 Å². The van der Waals surface area contributed by atoms with E-state index < -0.39 is 0 Å². The first-order valence-electron chi connectivity index (χ1n) is 15.1. The zero-order chi connectivity index (χ0) is 25.7. The van der Waals surface area contributed by atoms with Crippen LogP contribution in [0.5, 0.6) is 5.75 Å². The van der Waals surface area contributed by atoms with Crippen LogP contribution in [0.15, 0.2) is 54.6 Å². The molecule has 0 aromatic heterocycles. The maximum Gasteiger partial charge on any atom is 0.119 e. The number of hydrogen-bond donors (Lipinski definition) is 1. The fourth-order valence-corrected chi connectivity index (χ4v) is 6.18. The quantitative estimate of drug-likeness (QED) is 0.288. The standard InChI is InChI=1S/C33H51N3O/c1-28(2)25-36(32-18-22-35(23-19-32)26-30-10-5-3-6-11-30)21-9-20-34-24-29-14-16-33(17-15-29)37-27-31-12-7-4-8-13-31/h4,7-8,12-17,28,30,32,34H,3,5-6,9-11,18-27H2,1-2H3. The first kappa shape index (κ1) is 28.1. The van der Waals surface area contributed by atoms with Crippen molar-refractivity contribution in [1.82, 2.24) is 15.1 Å². The van der Waals surface area contributed by atoms with Gasteiger partial charge in [0.1, 0.15) is 12.4 Å². The van der Waals surface area contributed by atoms with E-state index in [1.165, 1.54) is 95.2 Å². The lowest BCUT2D eigenvalue weighted by Gasteiger charge is -2.40. The fourth-order valence-electron chi connectivity index (χ4n) is 6.18. The summed E-state index contributed by atoms with van der Waals surface area (Å²) in [7, 11) is 0. The molecule has 0 atom stereocenters. The molecule has 204 valence electrons. The molecule has 1 saturated heterocycles. The van der Waals surface area contributed by atoms with Crippen molar-refractivity contribution in [2.24, 2.45) is 11.8 Å². The van der Waals surface area contributed by atoms with Gasteiger partial charge in [0.05, 0.1) is 0 Å². The van der Waals surface area contributed by atoms with E-state index in [0.29, 0.717) is 6.61 Å². The summed E-state index contributed by atoms with van der Waals surface area (Å²) in [6.45, 7) is 13.8. The normalized spacial score (nSPS) is 18.1. The number of rotatable bonds is 14. The molecular formula is C33H51N3O. The number of nitrogens with zero attached hydrogens (tertiary/aromatic N) is 2. The molecular weight excluding hydrogens is 454 g/mol. The number of likely N-dealkylation sites (tertiary alicyclic amines) is 1. The first-order chi connectivity index (χ1) is 18.2. The van der Waals surface area contributed by atoms with Gasteiger partial charge in [0, 0.05) is 25.7 Å². The Kier molecular flexibility index (Phi) is 11.8. The van der Waals surface area contributed by atoms with Crippen LogP contribution in [0.4, 0.5) is 0 Å². The number of ether oxygens (including phenoxy) is 1. The lowest BCUT2D eigenvalue weighted by Crippen LogP contribution is -2.47.